The van der Waals surface area contributed by atoms with E-state index in [1.807, 2.05) is 0 Å². The Hall–Kier alpha value is -3.25. The number of halogens is 4. The van der Waals surface area contributed by atoms with Crippen LogP contribution in [-0.2, 0) is 11.0 Å². The Kier molecular flexibility index (Phi) is 6.17. The molecule has 156 valence electrons. The highest BCUT2D eigenvalue weighted by Gasteiger charge is 2.32. The zero-order chi connectivity index (χ0) is 21.9. The topological polar surface area (TPSA) is 71.7 Å². The first-order valence-electron chi connectivity index (χ1n) is 8.86. The molecule has 0 bridgehead atoms. The second kappa shape index (κ2) is 8.63. The van der Waals surface area contributed by atoms with Gasteiger partial charge in [0.15, 0.2) is 6.19 Å². The van der Waals surface area contributed by atoms with E-state index in [-0.39, 0.29) is 18.3 Å². The molecule has 2 aromatic rings. The van der Waals surface area contributed by atoms with Crippen LogP contribution in [0.15, 0.2) is 53.6 Å². The summed E-state index contributed by atoms with van der Waals surface area (Å²) in [7, 11) is 1.63. The summed E-state index contributed by atoms with van der Waals surface area (Å²) >= 11 is 5.93. The zero-order valence-electron chi connectivity index (χ0n) is 15.8. The minimum Gasteiger partial charge on any atom is -0.324 e. The molecule has 10 heteroatoms. The number of alkyl halides is 3. The van der Waals surface area contributed by atoms with Crippen molar-refractivity contribution in [1.82, 2.24) is 9.91 Å². The van der Waals surface area contributed by atoms with Gasteiger partial charge in [-0.05, 0) is 36.4 Å². The van der Waals surface area contributed by atoms with Gasteiger partial charge in [0, 0.05) is 23.3 Å². The number of benzene rings is 2. The lowest BCUT2D eigenvalue weighted by atomic mass is 10.0. The fraction of sp³-hybridized carbons (Fsp3) is 0.250. The molecule has 1 heterocycles. The van der Waals surface area contributed by atoms with Gasteiger partial charge in [-0.3, -0.25) is 9.80 Å². The average Bonchev–Trinajstić information content (AvgIpc) is 3.11. The van der Waals surface area contributed by atoms with Gasteiger partial charge in [0.05, 0.1) is 17.8 Å². The van der Waals surface area contributed by atoms with E-state index < -0.39 is 17.6 Å². The molecular weight excluding hydrogens is 419 g/mol. The van der Waals surface area contributed by atoms with E-state index in [2.05, 4.69) is 16.6 Å². The molecule has 6 nitrogen and oxygen atoms in total. The molecule has 1 unspecified atom stereocenters. The van der Waals surface area contributed by atoms with Crippen LogP contribution in [0.1, 0.15) is 11.1 Å². The Morgan fingerprint density at radius 2 is 1.90 bits per heavy atom. The van der Waals surface area contributed by atoms with Crippen molar-refractivity contribution >= 4 is 28.9 Å². The second-order valence-corrected chi connectivity index (χ2v) is 7.13. The number of carbonyl (C=O) groups excluding carboxylic acids is 1. The van der Waals surface area contributed by atoms with E-state index in [0.29, 0.717) is 17.3 Å². The van der Waals surface area contributed by atoms with Crippen molar-refractivity contribution in [1.29, 1.82) is 5.26 Å². The summed E-state index contributed by atoms with van der Waals surface area (Å²) in [6.07, 6.45) is -2.38. The SMILES string of the molecule is CN(C#N)C1CN(CC(=O)Nc2ccc(C(F)(F)F)cc2)N=C1c1ccc(Cl)cc1. The van der Waals surface area contributed by atoms with Crippen molar-refractivity contribution in [3.8, 4) is 6.19 Å². The highest BCUT2D eigenvalue weighted by atomic mass is 35.5. The highest BCUT2D eigenvalue weighted by Crippen LogP contribution is 2.29. The van der Waals surface area contributed by atoms with Crippen LogP contribution in [-0.4, -0.2) is 47.7 Å². The Balaban J connectivity index is 1.70. The lowest BCUT2D eigenvalue weighted by molar-refractivity contribution is -0.137. The third-order valence-corrected chi connectivity index (χ3v) is 4.79. The van der Waals surface area contributed by atoms with Crippen LogP contribution in [0.4, 0.5) is 18.9 Å². The van der Waals surface area contributed by atoms with Crippen molar-refractivity contribution < 1.29 is 18.0 Å². The number of anilines is 1. The number of nitrogens with one attached hydrogen (secondary N) is 1. The molecule has 1 aliphatic heterocycles. The Morgan fingerprint density at radius 3 is 2.47 bits per heavy atom. The van der Waals surface area contributed by atoms with Crippen molar-refractivity contribution in [3.63, 3.8) is 0 Å². The normalized spacial score (nSPS) is 16.1. The number of hydrazone groups is 1. The number of nitrogens with zero attached hydrogens (tertiary/aromatic N) is 4. The first-order chi connectivity index (χ1) is 14.2. The van der Waals surface area contributed by atoms with Crippen LogP contribution in [0.5, 0.6) is 0 Å². The molecule has 0 radical (unpaired) electrons. The molecule has 0 saturated heterocycles. The van der Waals surface area contributed by atoms with Crippen LogP contribution in [0.25, 0.3) is 0 Å². The van der Waals surface area contributed by atoms with Gasteiger partial charge in [-0.1, -0.05) is 23.7 Å². The van der Waals surface area contributed by atoms with Gasteiger partial charge in [-0.25, -0.2) is 0 Å². The molecule has 0 spiro atoms. The van der Waals surface area contributed by atoms with Crippen molar-refractivity contribution in [2.24, 2.45) is 5.10 Å². The molecule has 1 aliphatic rings. The molecule has 1 N–H and O–H groups in total. The smallest absolute Gasteiger partial charge is 0.324 e. The summed E-state index contributed by atoms with van der Waals surface area (Å²) in [5.74, 6) is -0.436. The van der Waals surface area contributed by atoms with Crippen LogP contribution in [0.3, 0.4) is 0 Å². The number of nitriles is 1. The molecule has 0 aliphatic carbocycles. The first kappa shape index (κ1) is 21.5. The number of likely N-dealkylation sites (N-methyl/N-ethyl adjacent to an activating group) is 1. The predicted octanol–water partition coefficient (Wildman–Crippen LogP) is 3.80. The Morgan fingerprint density at radius 1 is 1.27 bits per heavy atom. The third-order valence-electron chi connectivity index (χ3n) is 4.54. The van der Waals surface area contributed by atoms with E-state index in [1.54, 1.807) is 31.3 Å². The molecular formula is C20H17ClF3N5O. The first-order valence-corrected chi connectivity index (χ1v) is 9.24. The largest absolute Gasteiger partial charge is 0.416 e. The molecule has 1 atom stereocenters. The lowest BCUT2D eigenvalue weighted by Gasteiger charge is -2.20. The Labute approximate surface area is 176 Å². The van der Waals surface area contributed by atoms with Gasteiger partial charge in [0.1, 0.15) is 12.6 Å². The monoisotopic (exact) mass is 435 g/mol. The molecule has 2 aromatic carbocycles. The molecule has 30 heavy (non-hydrogen) atoms. The van der Waals surface area contributed by atoms with Crippen LogP contribution < -0.4 is 5.32 Å². The van der Waals surface area contributed by atoms with Gasteiger partial charge in [-0.15, -0.1) is 0 Å². The van der Waals surface area contributed by atoms with E-state index in [4.69, 9.17) is 11.6 Å². The van der Waals surface area contributed by atoms with Crippen LogP contribution >= 0.6 is 11.6 Å². The zero-order valence-corrected chi connectivity index (χ0v) is 16.6. The summed E-state index contributed by atoms with van der Waals surface area (Å²) < 4.78 is 37.9. The fourth-order valence-corrected chi connectivity index (χ4v) is 3.13. The predicted molar refractivity (Wildman–Crippen MR) is 107 cm³/mol. The van der Waals surface area contributed by atoms with Crippen LogP contribution in [0.2, 0.25) is 5.02 Å². The van der Waals surface area contributed by atoms with E-state index >= 15 is 0 Å². The minimum atomic E-state index is -4.44. The number of hydrogen-bond acceptors (Lipinski definition) is 5. The minimum absolute atomic E-state index is 0.117. The Bertz CT molecular complexity index is 983. The molecule has 1 amide bonds. The van der Waals surface area contributed by atoms with Gasteiger partial charge in [0.2, 0.25) is 5.91 Å². The number of hydrogen-bond donors (Lipinski definition) is 1. The molecule has 3 rings (SSSR count). The standard InChI is InChI=1S/C20H17ClF3N5O/c1-28(12-25)17-10-29(27-19(17)13-2-6-15(21)7-3-13)11-18(30)26-16-8-4-14(5-9-16)20(22,23)24/h2-9,17H,10-11H2,1H3,(H,26,30). The van der Waals surface area contributed by atoms with E-state index in [1.165, 1.54) is 22.0 Å². The molecule has 0 fully saturated rings. The molecule has 0 saturated carbocycles. The summed E-state index contributed by atoms with van der Waals surface area (Å²) in [5.41, 5.74) is 0.856. The maximum absolute atomic E-state index is 12.6. The fourth-order valence-electron chi connectivity index (χ4n) is 3.00. The van der Waals surface area contributed by atoms with Crippen molar-refractivity contribution in [2.75, 3.05) is 25.5 Å². The maximum Gasteiger partial charge on any atom is 0.416 e. The average molecular weight is 436 g/mol. The van der Waals surface area contributed by atoms with Gasteiger partial charge < -0.3 is 10.2 Å². The summed E-state index contributed by atoms with van der Waals surface area (Å²) in [5, 5.41) is 18.4. The number of rotatable bonds is 5. The summed E-state index contributed by atoms with van der Waals surface area (Å²) in [6, 6.07) is 10.8. The van der Waals surface area contributed by atoms with Crippen molar-refractivity contribution in [2.45, 2.75) is 12.2 Å². The van der Waals surface area contributed by atoms with Gasteiger partial charge in [0.25, 0.3) is 0 Å². The lowest BCUT2D eigenvalue weighted by Crippen LogP contribution is -2.39. The van der Waals surface area contributed by atoms with Gasteiger partial charge >= 0.3 is 6.18 Å². The van der Waals surface area contributed by atoms with Gasteiger partial charge in [-0.2, -0.15) is 23.5 Å². The second-order valence-electron chi connectivity index (χ2n) is 6.69. The summed E-state index contributed by atoms with van der Waals surface area (Å²) in [4.78, 5) is 13.8. The maximum atomic E-state index is 12.6. The quantitative estimate of drug-likeness (QED) is 0.573. The van der Waals surface area contributed by atoms with E-state index in [9.17, 15) is 23.2 Å². The number of carbonyl (C=O) groups is 1. The third kappa shape index (κ3) is 5.02. The summed E-state index contributed by atoms with van der Waals surface area (Å²) in [6.45, 7) is 0.191. The molecule has 0 aromatic heterocycles. The number of amides is 1. The van der Waals surface area contributed by atoms with E-state index in [0.717, 1.165) is 17.7 Å². The van der Waals surface area contributed by atoms with Crippen LogP contribution in [0, 0.1) is 11.5 Å². The van der Waals surface area contributed by atoms with Crippen molar-refractivity contribution in [3.05, 3.63) is 64.7 Å². The highest BCUT2D eigenvalue weighted by molar-refractivity contribution is 6.30.